The van der Waals surface area contributed by atoms with Crippen molar-refractivity contribution in [3.63, 3.8) is 0 Å². The van der Waals surface area contributed by atoms with Gasteiger partial charge in [-0.1, -0.05) is 20.8 Å². The van der Waals surface area contributed by atoms with Gasteiger partial charge in [-0.05, 0) is 26.0 Å². The van der Waals surface area contributed by atoms with Crippen LogP contribution in [0.25, 0.3) is 0 Å². The molecule has 0 spiro atoms. The zero-order valence-electron chi connectivity index (χ0n) is 23.3. The van der Waals surface area contributed by atoms with Crippen molar-refractivity contribution >= 4 is 47.2 Å². The lowest BCUT2D eigenvalue weighted by molar-refractivity contribution is -0.134. The second-order valence-corrected chi connectivity index (χ2v) is 11.3. The Bertz CT molecular complexity index is 655. The molecule has 37 heavy (non-hydrogen) atoms. The molecular formula is C25H48N4O6S2. The van der Waals surface area contributed by atoms with Gasteiger partial charge in [0.2, 0.25) is 23.6 Å². The number of rotatable bonds is 23. The average molecular weight is 565 g/mol. The molecule has 216 valence electrons. The summed E-state index contributed by atoms with van der Waals surface area (Å²) in [7, 11) is 0. The Hall–Kier alpha value is -1.50. The summed E-state index contributed by atoms with van der Waals surface area (Å²) in [5, 5.41) is 8.82. The van der Waals surface area contributed by atoms with Gasteiger partial charge < -0.3 is 30.3 Å². The topological polar surface area (TPSA) is 126 Å². The van der Waals surface area contributed by atoms with E-state index in [1.54, 1.807) is 16.7 Å². The predicted octanol–water partition coefficient (Wildman–Crippen LogP) is 1.67. The van der Waals surface area contributed by atoms with Gasteiger partial charge in [-0.15, -0.1) is 11.8 Å². The van der Waals surface area contributed by atoms with Gasteiger partial charge in [0.1, 0.15) is 0 Å². The number of ether oxygens (including phenoxy) is 2. The number of carbonyl (C=O) groups is 4. The zero-order chi connectivity index (χ0) is 27.9. The van der Waals surface area contributed by atoms with Crippen molar-refractivity contribution in [1.29, 1.82) is 0 Å². The van der Waals surface area contributed by atoms with Crippen molar-refractivity contribution < 1.29 is 28.7 Å². The molecule has 0 bridgehead atoms. The second kappa shape index (κ2) is 23.6. The molecular weight excluding hydrogens is 516 g/mol. The highest BCUT2D eigenvalue weighted by Gasteiger charge is 2.16. The molecule has 1 atom stereocenters. The van der Waals surface area contributed by atoms with Gasteiger partial charge in [-0.2, -0.15) is 11.8 Å². The largest absolute Gasteiger partial charge is 0.377 e. The number of hydrogen-bond donors (Lipinski definition) is 3. The molecule has 0 radical (unpaired) electrons. The van der Waals surface area contributed by atoms with Crippen molar-refractivity contribution in [2.45, 2.75) is 65.2 Å². The molecule has 3 N–H and O–H groups in total. The predicted molar refractivity (Wildman–Crippen MR) is 152 cm³/mol. The maximum absolute atomic E-state index is 12.8. The molecule has 0 aromatic carbocycles. The van der Waals surface area contributed by atoms with E-state index in [2.05, 4.69) is 29.8 Å². The quantitative estimate of drug-likeness (QED) is 0.160. The molecule has 0 aliphatic heterocycles. The fraction of sp³-hybridized carbons (Fsp3) is 0.840. The van der Waals surface area contributed by atoms with E-state index in [4.69, 9.17) is 9.47 Å². The summed E-state index contributed by atoms with van der Waals surface area (Å²) in [6, 6.07) is 0. The highest BCUT2D eigenvalue weighted by Crippen LogP contribution is 2.12. The SMILES string of the molecule is CCSCC(=O)NCCN(CCNC(=O)CSC(C)CC)C(=O)CCC(=O)NCCOCCOC(C)C. The first kappa shape index (κ1) is 35.5. The van der Waals surface area contributed by atoms with Crippen LogP contribution in [0.2, 0.25) is 0 Å². The van der Waals surface area contributed by atoms with Crippen LogP contribution in [0.1, 0.15) is 53.9 Å². The lowest BCUT2D eigenvalue weighted by Gasteiger charge is -2.23. The zero-order valence-corrected chi connectivity index (χ0v) is 24.9. The van der Waals surface area contributed by atoms with Crippen LogP contribution < -0.4 is 16.0 Å². The van der Waals surface area contributed by atoms with E-state index < -0.39 is 0 Å². The highest BCUT2D eigenvalue weighted by atomic mass is 32.2. The summed E-state index contributed by atoms with van der Waals surface area (Å²) in [5.74, 6) is 1.04. The second-order valence-electron chi connectivity index (χ2n) is 8.63. The molecule has 0 saturated carbocycles. The van der Waals surface area contributed by atoms with E-state index >= 15 is 0 Å². The normalized spacial score (nSPS) is 11.7. The Balaban J connectivity index is 4.45. The van der Waals surface area contributed by atoms with Crippen LogP contribution in [0.3, 0.4) is 0 Å². The summed E-state index contributed by atoms with van der Waals surface area (Å²) in [4.78, 5) is 50.5. The molecule has 0 saturated heterocycles. The van der Waals surface area contributed by atoms with Gasteiger partial charge in [0.05, 0.1) is 37.4 Å². The third-order valence-corrected chi connectivity index (χ3v) is 7.29. The van der Waals surface area contributed by atoms with Crippen molar-refractivity contribution in [3.05, 3.63) is 0 Å². The third kappa shape index (κ3) is 22.2. The summed E-state index contributed by atoms with van der Waals surface area (Å²) in [5.41, 5.74) is 0. The van der Waals surface area contributed by atoms with E-state index in [1.807, 2.05) is 20.8 Å². The van der Waals surface area contributed by atoms with Crippen molar-refractivity contribution in [3.8, 4) is 0 Å². The highest BCUT2D eigenvalue weighted by molar-refractivity contribution is 8.00. The van der Waals surface area contributed by atoms with Crippen LogP contribution in [0.15, 0.2) is 0 Å². The lowest BCUT2D eigenvalue weighted by Crippen LogP contribution is -2.43. The Kier molecular flexibility index (Phi) is 22.6. The Labute approximate surface area is 231 Å². The third-order valence-electron chi connectivity index (χ3n) is 5.08. The minimum atomic E-state index is -0.226. The van der Waals surface area contributed by atoms with E-state index in [-0.39, 0.29) is 42.6 Å². The average Bonchev–Trinajstić information content (AvgIpc) is 2.87. The summed E-state index contributed by atoms with van der Waals surface area (Å²) in [6.07, 6.45) is 1.26. The molecule has 0 aromatic rings. The number of nitrogens with zero attached hydrogens (tertiary/aromatic N) is 1. The molecule has 1 unspecified atom stereocenters. The maximum atomic E-state index is 12.8. The molecule has 4 amide bonds. The van der Waals surface area contributed by atoms with Gasteiger partial charge >= 0.3 is 0 Å². The fourth-order valence-electron chi connectivity index (χ4n) is 2.83. The Morgan fingerprint density at radius 3 is 2.00 bits per heavy atom. The molecule has 10 nitrogen and oxygen atoms in total. The van der Waals surface area contributed by atoms with Crippen LogP contribution in [0.4, 0.5) is 0 Å². The van der Waals surface area contributed by atoms with E-state index in [9.17, 15) is 19.2 Å². The van der Waals surface area contributed by atoms with Crippen molar-refractivity contribution in [2.75, 3.05) is 69.8 Å². The standard InChI is InChI=1S/C25H48N4O6S2/c1-6-21(5)37-19-24(32)27-11-14-29(13-10-26-23(31)18-36-7-2)25(33)9-8-22(30)28-12-15-34-16-17-35-20(3)4/h20-21H,6-19H2,1-5H3,(H,26,31)(H,27,32)(H,28,30). The monoisotopic (exact) mass is 564 g/mol. The minimum Gasteiger partial charge on any atom is -0.377 e. The van der Waals surface area contributed by atoms with E-state index in [0.29, 0.717) is 69.3 Å². The molecule has 0 heterocycles. The van der Waals surface area contributed by atoms with Crippen LogP contribution in [0, 0.1) is 0 Å². The number of nitrogens with one attached hydrogen (secondary N) is 3. The summed E-state index contributed by atoms with van der Waals surface area (Å²) in [6.45, 7) is 13.0. The van der Waals surface area contributed by atoms with Gasteiger partial charge in [0, 0.05) is 50.8 Å². The van der Waals surface area contributed by atoms with Crippen LogP contribution in [0.5, 0.6) is 0 Å². The number of amides is 4. The van der Waals surface area contributed by atoms with E-state index in [0.717, 1.165) is 12.2 Å². The summed E-state index contributed by atoms with van der Waals surface area (Å²) >= 11 is 3.12. The van der Waals surface area contributed by atoms with Crippen LogP contribution >= 0.6 is 23.5 Å². The van der Waals surface area contributed by atoms with Gasteiger partial charge in [-0.25, -0.2) is 0 Å². The van der Waals surface area contributed by atoms with Crippen molar-refractivity contribution in [1.82, 2.24) is 20.9 Å². The van der Waals surface area contributed by atoms with Gasteiger partial charge in [-0.3, -0.25) is 19.2 Å². The summed E-state index contributed by atoms with van der Waals surface area (Å²) < 4.78 is 10.8. The molecule has 0 fully saturated rings. The van der Waals surface area contributed by atoms with Crippen LogP contribution in [-0.4, -0.2) is 110 Å². The smallest absolute Gasteiger partial charge is 0.230 e. The minimum absolute atomic E-state index is 0.0480. The molecule has 0 aromatic heterocycles. The fourth-order valence-corrected chi connectivity index (χ4v) is 4.09. The first-order valence-electron chi connectivity index (χ1n) is 13.2. The molecule has 12 heteroatoms. The number of carbonyl (C=O) groups excluding carboxylic acids is 4. The molecule has 0 aliphatic rings. The van der Waals surface area contributed by atoms with Gasteiger partial charge in [0.15, 0.2) is 0 Å². The molecule has 0 aliphatic carbocycles. The number of hydrogen-bond acceptors (Lipinski definition) is 8. The first-order valence-corrected chi connectivity index (χ1v) is 15.4. The van der Waals surface area contributed by atoms with Crippen molar-refractivity contribution in [2.24, 2.45) is 0 Å². The Morgan fingerprint density at radius 1 is 0.784 bits per heavy atom. The lowest BCUT2D eigenvalue weighted by atomic mass is 10.2. The number of thioether (sulfide) groups is 2. The van der Waals surface area contributed by atoms with Gasteiger partial charge in [0.25, 0.3) is 0 Å². The first-order chi connectivity index (χ1) is 17.7. The van der Waals surface area contributed by atoms with E-state index in [1.165, 1.54) is 11.8 Å². The van der Waals surface area contributed by atoms with Crippen LogP contribution in [-0.2, 0) is 28.7 Å². The maximum Gasteiger partial charge on any atom is 0.230 e. The molecule has 0 rings (SSSR count). The Morgan fingerprint density at radius 2 is 1.41 bits per heavy atom.